The highest BCUT2D eigenvalue weighted by atomic mass is 15.3. The Balaban J connectivity index is 2.70. The molecule has 1 heterocycles. The summed E-state index contributed by atoms with van der Waals surface area (Å²) in [6.07, 6.45) is 3.43. The molecule has 0 aliphatic heterocycles. The van der Waals surface area contributed by atoms with Gasteiger partial charge in [0.2, 0.25) is 5.96 Å². The molecule has 1 rings (SSSR count). The molecule has 0 saturated carbocycles. The van der Waals surface area contributed by atoms with Crippen LogP contribution in [0.4, 0.5) is 0 Å². The Morgan fingerprint density at radius 2 is 2.06 bits per heavy atom. The molecular weight excluding hydrogens is 204 g/mol. The maximum absolute atomic E-state index is 7.69. The van der Waals surface area contributed by atoms with Crippen molar-refractivity contribution in [3.8, 4) is 0 Å². The summed E-state index contributed by atoms with van der Waals surface area (Å²) >= 11 is 0. The molecule has 86 valence electrons. The second-order valence-corrected chi connectivity index (χ2v) is 3.23. The Labute approximate surface area is 94.5 Å². The van der Waals surface area contributed by atoms with Crippen LogP contribution in [0, 0.1) is 5.41 Å². The topological polar surface area (TPSA) is 104 Å². The predicted octanol–water partition coefficient (Wildman–Crippen LogP) is 0.112. The maximum atomic E-state index is 7.69. The van der Waals surface area contributed by atoms with E-state index in [1.54, 1.807) is 17.3 Å². The van der Waals surface area contributed by atoms with Gasteiger partial charge in [0.25, 0.3) is 0 Å². The zero-order valence-corrected chi connectivity index (χ0v) is 9.22. The van der Waals surface area contributed by atoms with Gasteiger partial charge in [-0.3, -0.25) is 10.4 Å². The SMILES string of the molecule is CCN(Cc1ccncc1)C(=N)N=C(N)N. The van der Waals surface area contributed by atoms with E-state index in [0.29, 0.717) is 13.1 Å². The molecule has 1 aromatic rings. The number of aromatic nitrogens is 1. The number of rotatable bonds is 3. The first-order valence-electron chi connectivity index (χ1n) is 4.95. The summed E-state index contributed by atoms with van der Waals surface area (Å²) in [5.74, 6) is -0.0301. The molecule has 5 N–H and O–H groups in total. The summed E-state index contributed by atoms with van der Waals surface area (Å²) < 4.78 is 0. The minimum atomic E-state index is -0.0989. The molecule has 0 aromatic carbocycles. The van der Waals surface area contributed by atoms with E-state index in [-0.39, 0.29) is 11.9 Å². The van der Waals surface area contributed by atoms with Gasteiger partial charge in [0.05, 0.1) is 0 Å². The van der Waals surface area contributed by atoms with E-state index >= 15 is 0 Å². The molecule has 0 radical (unpaired) electrons. The van der Waals surface area contributed by atoms with Gasteiger partial charge in [0.1, 0.15) is 0 Å². The molecule has 0 saturated heterocycles. The smallest absolute Gasteiger partial charge is 0.221 e. The highest BCUT2D eigenvalue weighted by molar-refractivity contribution is 5.91. The molecule has 6 heteroatoms. The van der Waals surface area contributed by atoms with Crippen molar-refractivity contribution >= 4 is 11.9 Å². The molecule has 0 spiro atoms. The van der Waals surface area contributed by atoms with Crippen molar-refractivity contribution in [2.45, 2.75) is 13.5 Å². The van der Waals surface area contributed by atoms with Crippen LogP contribution < -0.4 is 11.5 Å². The Bertz CT molecular complexity index is 368. The maximum Gasteiger partial charge on any atom is 0.221 e. The van der Waals surface area contributed by atoms with Crippen molar-refractivity contribution in [1.29, 1.82) is 5.41 Å². The van der Waals surface area contributed by atoms with E-state index in [9.17, 15) is 0 Å². The lowest BCUT2D eigenvalue weighted by molar-refractivity contribution is 0.427. The average molecular weight is 220 g/mol. The predicted molar refractivity (Wildman–Crippen MR) is 63.9 cm³/mol. The second kappa shape index (κ2) is 5.69. The van der Waals surface area contributed by atoms with Crippen LogP contribution in [-0.2, 0) is 6.54 Å². The number of aliphatic imine (C=N–C) groups is 1. The normalized spacial score (nSPS) is 9.56. The summed E-state index contributed by atoms with van der Waals surface area (Å²) in [5, 5.41) is 7.69. The molecule has 0 atom stereocenters. The first-order valence-corrected chi connectivity index (χ1v) is 4.95. The Morgan fingerprint density at radius 1 is 1.44 bits per heavy atom. The van der Waals surface area contributed by atoms with E-state index in [0.717, 1.165) is 5.56 Å². The van der Waals surface area contributed by atoms with Crippen LogP contribution in [0.5, 0.6) is 0 Å². The zero-order chi connectivity index (χ0) is 12.0. The third kappa shape index (κ3) is 3.56. The molecule has 0 amide bonds. The summed E-state index contributed by atoms with van der Waals surface area (Å²) in [6.45, 7) is 3.20. The molecule has 0 aliphatic rings. The van der Waals surface area contributed by atoms with Crippen LogP contribution >= 0.6 is 0 Å². The number of hydrogen-bond donors (Lipinski definition) is 3. The highest BCUT2D eigenvalue weighted by Gasteiger charge is 2.07. The Kier molecular flexibility index (Phi) is 4.26. The van der Waals surface area contributed by atoms with Crippen LogP contribution in [0.1, 0.15) is 12.5 Å². The minimum absolute atomic E-state index is 0.0688. The van der Waals surface area contributed by atoms with E-state index < -0.39 is 0 Å². The van der Waals surface area contributed by atoms with Gasteiger partial charge in [-0.2, -0.15) is 4.99 Å². The second-order valence-electron chi connectivity index (χ2n) is 3.23. The largest absolute Gasteiger partial charge is 0.370 e. The van der Waals surface area contributed by atoms with Crippen LogP contribution in [0.2, 0.25) is 0 Å². The fraction of sp³-hybridized carbons (Fsp3) is 0.300. The number of nitrogens with zero attached hydrogens (tertiary/aromatic N) is 3. The van der Waals surface area contributed by atoms with Gasteiger partial charge >= 0.3 is 0 Å². The van der Waals surface area contributed by atoms with Gasteiger partial charge in [-0.15, -0.1) is 0 Å². The van der Waals surface area contributed by atoms with E-state index in [4.69, 9.17) is 16.9 Å². The number of hydrogen-bond acceptors (Lipinski definition) is 2. The monoisotopic (exact) mass is 220 g/mol. The zero-order valence-electron chi connectivity index (χ0n) is 9.22. The van der Waals surface area contributed by atoms with Gasteiger partial charge in [0.15, 0.2) is 5.96 Å². The highest BCUT2D eigenvalue weighted by Crippen LogP contribution is 2.03. The van der Waals surface area contributed by atoms with Crippen LogP contribution in [0.25, 0.3) is 0 Å². The lowest BCUT2D eigenvalue weighted by Gasteiger charge is -2.20. The summed E-state index contributed by atoms with van der Waals surface area (Å²) in [7, 11) is 0. The van der Waals surface area contributed by atoms with Crippen LogP contribution in [0.15, 0.2) is 29.5 Å². The molecule has 0 bridgehead atoms. The number of nitrogens with two attached hydrogens (primary N) is 2. The molecule has 0 aliphatic carbocycles. The van der Waals surface area contributed by atoms with Crippen LogP contribution in [-0.4, -0.2) is 28.3 Å². The molecule has 16 heavy (non-hydrogen) atoms. The van der Waals surface area contributed by atoms with Gasteiger partial charge in [-0.1, -0.05) is 0 Å². The van der Waals surface area contributed by atoms with E-state index in [1.807, 2.05) is 19.1 Å². The minimum Gasteiger partial charge on any atom is -0.370 e. The molecule has 0 unspecified atom stereocenters. The molecular formula is C10H16N6. The quantitative estimate of drug-likeness (QED) is 0.496. The van der Waals surface area contributed by atoms with E-state index in [1.165, 1.54) is 0 Å². The molecule has 6 nitrogen and oxygen atoms in total. The number of pyridine rings is 1. The van der Waals surface area contributed by atoms with Gasteiger partial charge < -0.3 is 16.4 Å². The first-order chi connectivity index (χ1) is 7.63. The Morgan fingerprint density at radius 3 is 2.56 bits per heavy atom. The summed E-state index contributed by atoms with van der Waals surface area (Å²) in [4.78, 5) is 9.40. The van der Waals surface area contributed by atoms with Gasteiger partial charge in [-0.05, 0) is 24.6 Å². The standard InChI is InChI=1S/C10H16N6/c1-2-16(10(13)15-9(11)12)7-8-3-5-14-6-4-8/h3-6H,2,7H2,1H3,(H5,11,12,13,15). The van der Waals surface area contributed by atoms with Gasteiger partial charge in [0, 0.05) is 25.5 Å². The summed E-state index contributed by atoms with van der Waals surface area (Å²) in [6, 6.07) is 3.79. The fourth-order valence-electron chi connectivity index (χ4n) is 1.24. The van der Waals surface area contributed by atoms with Gasteiger partial charge in [-0.25, -0.2) is 0 Å². The summed E-state index contributed by atoms with van der Waals surface area (Å²) in [5.41, 5.74) is 11.5. The van der Waals surface area contributed by atoms with Crippen molar-refractivity contribution in [1.82, 2.24) is 9.88 Å². The fourth-order valence-corrected chi connectivity index (χ4v) is 1.24. The lowest BCUT2D eigenvalue weighted by Crippen LogP contribution is -2.32. The number of nitrogens with one attached hydrogen (secondary N) is 1. The lowest BCUT2D eigenvalue weighted by atomic mass is 10.2. The molecule has 1 aromatic heterocycles. The first kappa shape index (κ1) is 12.0. The average Bonchev–Trinajstić information content (AvgIpc) is 2.26. The Hall–Kier alpha value is -2.11. The van der Waals surface area contributed by atoms with Crippen molar-refractivity contribution in [3.63, 3.8) is 0 Å². The third-order valence-corrected chi connectivity index (χ3v) is 2.04. The van der Waals surface area contributed by atoms with Crippen LogP contribution in [0.3, 0.4) is 0 Å². The van der Waals surface area contributed by atoms with Crippen molar-refractivity contribution in [3.05, 3.63) is 30.1 Å². The molecule has 0 fully saturated rings. The van der Waals surface area contributed by atoms with Crippen molar-refractivity contribution < 1.29 is 0 Å². The van der Waals surface area contributed by atoms with E-state index in [2.05, 4.69) is 9.98 Å². The van der Waals surface area contributed by atoms with Crippen molar-refractivity contribution in [2.75, 3.05) is 6.54 Å². The number of guanidine groups is 2. The van der Waals surface area contributed by atoms with Crippen molar-refractivity contribution in [2.24, 2.45) is 16.5 Å². The third-order valence-electron chi connectivity index (χ3n) is 2.04.